The minimum Gasteiger partial charge on any atom is -0.383 e. The largest absolute Gasteiger partial charge is 0.383 e. The standard InChI is InChI=1S/C15H28N2O3/c1-19-10-8-16-14(18)12-17-13-5-9-20-15(11-13)6-3-2-4-7-15/h13,17H,2-12H2,1H3,(H,16,18). The van der Waals surface area contributed by atoms with Crippen molar-refractivity contribution in [3.05, 3.63) is 0 Å². The van der Waals surface area contributed by atoms with Gasteiger partial charge in [0.1, 0.15) is 0 Å². The molecule has 1 heterocycles. The lowest BCUT2D eigenvalue weighted by atomic mass is 9.78. The molecule has 0 aromatic heterocycles. The fourth-order valence-corrected chi connectivity index (χ4v) is 3.34. The van der Waals surface area contributed by atoms with Gasteiger partial charge in [-0.2, -0.15) is 0 Å². The first-order chi connectivity index (χ1) is 9.74. The first-order valence-electron chi connectivity index (χ1n) is 7.87. The van der Waals surface area contributed by atoms with E-state index in [9.17, 15) is 4.79 Å². The second kappa shape index (κ2) is 7.96. The van der Waals surface area contributed by atoms with Gasteiger partial charge in [-0.05, 0) is 25.7 Å². The summed E-state index contributed by atoms with van der Waals surface area (Å²) >= 11 is 0. The smallest absolute Gasteiger partial charge is 0.234 e. The molecular weight excluding hydrogens is 256 g/mol. The van der Waals surface area contributed by atoms with Crippen LogP contribution in [-0.4, -0.2) is 51.0 Å². The van der Waals surface area contributed by atoms with Crippen LogP contribution >= 0.6 is 0 Å². The van der Waals surface area contributed by atoms with E-state index in [0.717, 1.165) is 19.4 Å². The molecule has 1 saturated heterocycles. The number of hydrogen-bond donors (Lipinski definition) is 2. The van der Waals surface area contributed by atoms with Gasteiger partial charge in [0.15, 0.2) is 0 Å². The van der Waals surface area contributed by atoms with Crippen LogP contribution in [-0.2, 0) is 14.3 Å². The van der Waals surface area contributed by atoms with Crippen molar-refractivity contribution >= 4 is 5.91 Å². The molecule has 0 aromatic rings. The number of nitrogens with one attached hydrogen (secondary N) is 2. The Morgan fingerprint density at radius 3 is 2.90 bits per heavy atom. The molecule has 1 spiro atoms. The highest BCUT2D eigenvalue weighted by Gasteiger charge is 2.38. The molecular formula is C15H28N2O3. The minimum atomic E-state index is 0.0474. The predicted octanol–water partition coefficient (Wildman–Crippen LogP) is 1.22. The average Bonchev–Trinajstić information content (AvgIpc) is 2.46. The monoisotopic (exact) mass is 284 g/mol. The van der Waals surface area contributed by atoms with Gasteiger partial charge in [-0.15, -0.1) is 0 Å². The molecule has 1 atom stereocenters. The van der Waals surface area contributed by atoms with Gasteiger partial charge in [0, 0.05) is 26.3 Å². The molecule has 0 aromatic carbocycles. The molecule has 1 aliphatic carbocycles. The number of hydrogen-bond acceptors (Lipinski definition) is 4. The van der Waals surface area contributed by atoms with E-state index in [1.807, 2.05) is 0 Å². The van der Waals surface area contributed by atoms with E-state index in [1.54, 1.807) is 7.11 Å². The Labute approximate surface area is 121 Å². The zero-order valence-electron chi connectivity index (χ0n) is 12.6. The topological polar surface area (TPSA) is 59.6 Å². The molecule has 1 saturated carbocycles. The summed E-state index contributed by atoms with van der Waals surface area (Å²) in [6, 6.07) is 0.412. The molecule has 5 nitrogen and oxygen atoms in total. The van der Waals surface area contributed by atoms with Crippen molar-refractivity contribution in [1.29, 1.82) is 0 Å². The summed E-state index contributed by atoms with van der Waals surface area (Å²) in [5, 5.41) is 6.22. The summed E-state index contributed by atoms with van der Waals surface area (Å²) in [4.78, 5) is 11.7. The summed E-state index contributed by atoms with van der Waals surface area (Å²) in [5.41, 5.74) is 0.0979. The first-order valence-corrected chi connectivity index (χ1v) is 7.87. The van der Waals surface area contributed by atoms with E-state index in [1.165, 1.54) is 32.1 Å². The maximum atomic E-state index is 11.7. The molecule has 1 unspecified atom stereocenters. The van der Waals surface area contributed by atoms with Gasteiger partial charge in [0.05, 0.1) is 18.8 Å². The Kier molecular flexibility index (Phi) is 6.26. The van der Waals surface area contributed by atoms with Gasteiger partial charge in [-0.25, -0.2) is 0 Å². The van der Waals surface area contributed by atoms with Gasteiger partial charge in [0.25, 0.3) is 0 Å². The van der Waals surface area contributed by atoms with E-state index in [0.29, 0.717) is 25.7 Å². The Morgan fingerprint density at radius 2 is 2.15 bits per heavy atom. The molecule has 5 heteroatoms. The maximum absolute atomic E-state index is 11.7. The van der Waals surface area contributed by atoms with Gasteiger partial charge in [-0.3, -0.25) is 4.79 Å². The SMILES string of the molecule is COCCNC(=O)CNC1CCOC2(CCCCC2)C1. The number of methoxy groups -OCH3 is 1. The molecule has 1 amide bonds. The molecule has 0 radical (unpaired) electrons. The van der Waals surface area contributed by atoms with Gasteiger partial charge in [-0.1, -0.05) is 19.3 Å². The number of amides is 1. The fraction of sp³-hybridized carbons (Fsp3) is 0.933. The van der Waals surface area contributed by atoms with Crippen LogP contribution in [0.2, 0.25) is 0 Å². The molecule has 0 bridgehead atoms. The molecule has 2 rings (SSSR count). The fourth-order valence-electron chi connectivity index (χ4n) is 3.34. The third-order valence-electron chi connectivity index (χ3n) is 4.44. The number of carbonyl (C=O) groups excluding carboxylic acids is 1. The second-order valence-electron chi connectivity index (χ2n) is 6.01. The highest BCUT2D eigenvalue weighted by Crippen LogP contribution is 2.38. The Hall–Kier alpha value is -0.650. The van der Waals surface area contributed by atoms with Crippen LogP contribution < -0.4 is 10.6 Å². The lowest BCUT2D eigenvalue weighted by Gasteiger charge is -2.43. The predicted molar refractivity (Wildman–Crippen MR) is 77.7 cm³/mol. The quantitative estimate of drug-likeness (QED) is 0.720. The zero-order chi connectivity index (χ0) is 14.3. The van der Waals surface area contributed by atoms with Crippen molar-refractivity contribution in [2.45, 2.75) is 56.6 Å². The van der Waals surface area contributed by atoms with E-state index < -0.39 is 0 Å². The van der Waals surface area contributed by atoms with Crippen LogP contribution in [0.3, 0.4) is 0 Å². The zero-order valence-corrected chi connectivity index (χ0v) is 12.6. The van der Waals surface area contributed by atoms with Crippen LogP contribution in [0.15, 0.2) is 0 Å². The van der Waals surface area contributed by atoms with E-state index >= 15 is 0 Å². The Morgan fingerprint density at radius 1 is 1.35 bits per heavy atom. The maximum Gasteiger partial charge on any atom is 0.234 e. The minimum absolute atomic E-state index is 0.0474. The summed E-state index contributed by atoms with van der Waals surface area (Å²) in [6.07, 6.45) is 8.33. The number of ether oxygens (including phenoxy) is 2. The van der Waals surface area contributed by atoms with Crippen molar-refractivity contribution in [3.63, 3.8) is 0 Å². The summed E-state index contributed by atoms with van der Waals surface area (Å²) < 4.78 is 11.0. The summed E-state index contributed by atoms with van der Waals surface area (Å²) in [6.45, 7) is 2.36. The van der Waals surface area contributed by atoms with Gasteiger partial charge in [0.2, 0.25) is 5.91 Å². The molecule has 2 N–H and O–H groups in total. The van der Waals surface area contributed by atoms with Crippen LogP contribution in [0.4, 0.5) is 0 Å². The Balaban J connectivity index is 1.69. The lowest BCUT2D eigenvalue weighted by molar-refractivity contribution is -0.122. The lowest BCUT2D eigenvalue weighted by Crippen LogP contribution is -2.50. The second-order valence-corrected chi connectivity index (χ2v) is 6.01. The number of carbonyl (C=O) groups is 1. The van der Waals surface area contributed by atoms with Crippen molar-refractivity contribution in [2.75, 3.05) is 33.4 Å². The van der Waals surface area contributed by atoms with Crippen LogP contribution in [0.5, 0.6) is 0 Å². The highest BCUT2D eigenvalue weighted by molar-refractivity contribution is 5.77. The van der Waals surface area contributed by atoms with Crippen molar-refractivity contribution in [3.8, 4) is 0 Å². The van der Waals surface area contributed by atoms with Crippen LogP contribution in [0.1, 0.15) is 44.9 Å². The summed E-state index contributed by atoms with van der Waals surface area (Å²) in [5.74, 6) is 0.0474. The third-order valence-corrected chi connectivity index (χ3v) is 4.44. The summed E-state index contributed by atoms with van der Waals surface area (Å²) in [7, 11) is 1.63. The van der Waals surface area contributed by atoms with E-state index in [4.69, 9.17) is 9.47 Å². The third kappa shape index (κ3) is 4.72. The molecule has 20 heavy (non-hydrogen) atoms. The first kappa shape index (κ1) is 15.7. The molecule has 2 fully saturated rings. The van der Waals surface area contributed by atoms with E-state index in [-0.39, 0.29) is 11.5 Å². The highest BCUT2D eigenvalue weighted by atomic mass is 16.5. The van der Waals surface area contributed by atoms with Gasteiger partial charge < -0.3 is 20.1 Å². The van der Waals surface area contributed by atoms with Crippen LogP contribution in [0.25, 0.3) is 0 Å². The van der Waals surface area contributed by atoms with Crippen molar-refractivity contribution in [2.24, 2.45) is 0 Å². The van der Waals surface area contributed by atoms with Crippen molar-refractivity contribution < 1.29 is 14.3 Å². The average molecular weight is 284 g/mol. The normalized spacial score (nSPS) is 25.6. The van der Waals surface area contributed by atoms with Crippen molar-refractivity contribution in [1.82, 2.24) is 10.6 Å². The van der Waals surface area contributed by atoms with Gasteiger partial charge >= 0.3 is 0 Å². The Bertz CT molecular complexity index is 298. The molecule has 2 aliphatic rings. The van der Waals surface area contributed by atoms with E-state index in [2.05, 4.69) is 10.6 Å². The van der Waals surface area contributed by atoms with Crippen LogP contribution in [0, 0.1) is 0 Å². The molecule has 116 valence electrons. The molecule has 1 aliphatic heterocycles. The number of rotatable bonds is 6.